The second-order valence-electron chi connectivity index (χ2n) is 15.9. The quantitative estimate of drug-likeness (QED) is 0.182. The fourth-order valence-corrected chi connectivity index (χ4v) is 9.42. The number of hydroxylamine groups is 4. The summed E-state index contributed by atoms with van der Waals surface area (Å²) in [6.45, 7) is 16.6. The summed E-state index contributed by atoms with van der Waals surface area (Å²) in [5.41, 5.74) is 0.0198. The van der Waals surface area contributed by atoms with Gasteiger partial charge in [-0.05, 0) is 131 Å². The monoisotopic (exact) mass is 585 g/mol. The second-order valence-corrected chi connectivity index (χ2v) is 15.9. The van der Waals surface area contributed by atoms with E-state index in [0.29, 0.717) is 24.3 Å². The molecule has 2 heterocycles. The highest BCUT2D eigenvalue weighted by Gasteiger charge is 2.69. The van der Waals surface area contributed by atoms with Crippen LogP contribution in [-0.4, -0.2) is 69.7 Å². The topological polar surface area (TPSA) is 49.0 Å². The normalized spacial score (nSPS) is 38.2. The Labute approximate surface area is 258 Å². The predicted molar refractivity (Wildman–Crippen MR) is 174 cm³/mol. The predicted octanol–water partition coefficient (Wildman–Crippen LogP) is 7.60. The van der Waals surface area contributed by atoms with Gasteiger partial charge in [-0.1, -0.05) is 51.0 Å². The molecule has 1 saturated carbocycles. The van der Waals surface area contributed by atoms with Gasteiger partial charge in [0.25, 0.3) is 0 Å². The number of allylic oxidation sites excluding steroid dienone is 2. The largest absolute Gasteiger partial charge is 0.314 e. The first-order chi connectivity index (χ1) is 20.1. The van der Waals surface area contributed by atoms with Gasteiger partial charge in [0.1, 0.15) is 0 Å². The molecule has 3 fully saturated rings. The van der Waals surface area contributed by atoms with Crippen molar-refractivity contribution in [3.63, 3.8) is 0 Å². The van der Waals surface area contributed by atoms with Gasteiger partial charge < -0.3 is 10.6 Å². The molecule has 0 radical (unpaired) electrons. The molecule has 0 aromatic heterocycles. The first-order valence-corrected chi connectivity index (χ1v) is 17.8. The standard InChI is InChI=1S/C36H64N4O2/c1-7-9-21-37-29-23-33(3,4)39(41-31-17-13-11-14-18-31)35(25-29)27-36(28-35)26-30(38-22-10-8-2)24-34(5,6)40(36)42-32-19-15-12-16-20-32/h11-13,15,29-32,37-38H,7-10,14,16-28H2,1-6H3. The molecule has 240 valence electrons. The molecule has 0 amide bonds. The summed E-state index contributed by atoms with van der Waals surface area (Å²) in [7, 11) is 0. The van der Waals surface area contributed by atoms with Crippen LogP contribution in [0.15, 0.2) is 24.3 Å². The molecule has 0 aromatic carbocycles. The van der Waals surface area contributed by atoms with Crippen LogP contribution in [0.5, 0.6) is 0 Å². The summed E-state index contributed by atoms with van der Waals surface area (Å²) in [4.78, 5) is 14.3. The highest BCUT2D eigenvalue weighted by molar-refractivity contribution is 5.22. The number of hydrogen-bond acceptors (Lipinski definition) is 6. The molecule has 6 heteroatoms. The lowest BCUT2D eigenvalue weighted by molar-refractivity contribution is -0.393. The van der Waals surface area contributed by atoms with Crippen molar-refractivity contribution < 1.29 is 9.68 Å². The van der Waals surface area contributed by atoms with Crippen molar-refractivity contribution in [3.05, 3.63) is 24.3 Å². The number of nitrogens with zero attached hydrogens (tertiary/aromatic N) is 2. The molecule has 2 spiro atoms. The van der Waals surface area contributed by atoms with Gasteiger partial charge in [-0.2, -0.15) is 10.1 Å². The van der Waals surface area contributed by atoms with Gasteiger partial charge in [0.2, 0.25) is 0 Å². The average Bonchev–Trinajstić information content (AvgIpc) is 2.93. The van der Waals surface area contributed by atoms with Crippen molar-refractivity contribution >= 4 is 0 Å². The molecule has 5 aliphatic rings. The molecule has 3 aliphatic carbocycles. The van der Waals surface area contributed by atoms with Gasteiger partial charge >= 0.3 is 0 Å². The van der Waals surface area contributed by atoms with E-state index in [1.54, 1.807) is 0 Å². The summed E-state index contributed by atoms with van der Waals surface area (Å²) >= 11 is 0. The van der Waals surface area contributed by atoms with Crippen LogP contribution in [0, 0.1) is 0 Å². The molecule has 0 aromatic rings. The summed E-state index contributed by atoms with van der Waals surface area (Å²) < 4.78 is 0. The first-order valence-electron chi connectivity index (χ1n) is 17.8. The van der Waals surface area contributed by atoms with Crippen LogP contribution in [0.3, 0.4) is 0 Å². The van der Waals surface area contributed by atoms with E-state index < -0.39 is 0 Å². The fraction of sp³-hybridized carbons (Fsp3) is 0.889. The molecule has 42 heavy (non-hydrogen) atoms. The van der Waals surface area contributed by atoms with Gasteiger partial charge in [0, 0.05) is 23.2 Å². The van der Waals surface area contributed by atoms with Crippen molar-refractivity contribution in [2.24, 2.45) is 0 Å². The SMILES string of the molecule is CCCCNC1CC(C)(C)N(OC2CC=CCC2)C2(C1)CC1(CC(NCCCC)CC(C)(C)N1OC1CC=CCC1)C2. The van der Waals surface area contributed by atoms with Crippen LogP contribution in [0.2, 0.25) is 0 Å². The zero-order chi connectivity index (χ0) is 29.8. The Balaban J connectivity index is 1.43. The molecule has 0 bridgehead atoms. The van der Waals surface area contributed by atoms with E-state index in [0.717, 1.165) is 77.3 Å². The zero-order valence-electron chi connectivity index (χ0n) is 28.1. The van der Waals surface area contributed by atoms with Crippen LogP contribution < -0.4 is 10.6 Å². The number of hydrogen-bond donors (Lipinski definition) is 2. The molecule has 4 unspecified atom stereocenters. The molecule has 6 nitrogen and oxygen atoms in total. The van der Waals surface area contributed by atoms with Crippen LogP contribution in [-0.2, 0) is 9.68 Å². The van der Waals surface area contributed by atoms with Crippen LogP contribution >= 0.6 is 0 Å². The van der Waals surface area contributed by atoms with Crippen molar-refractivity contribution in [3.8, 4) is 0 Å². The van der Waals surface area contributed by atoms with E-state index >= 15 is 0 Å². The van der Waals surface area contributed by atoms with Crippen molar-refractivity contribution in [2.75, 3.05) is 13.1 Å². The molecule has 2 aliphatic heterocycles. The maximum absolute atomic E-state index is 7.13. The third kappa shape index (κ3) is 7.21. The number of rotatable bonds is 12. The fourth-order valence-electron chi connectivity index (χ4n) is 9.42. The first kappa shape index (κ1) is 32.6. The number of nitrogens with one attached hydrogen (secondary N) is 2. The summed E-state index contributed by atoms with van der Waals surface area (Å²) in [5, 5.41) is 13.1. The van der Waals surface area contributed by atoms with Crippen molar-refractivity contribution in [1.82, 2.24) is 20.8 Å². The van der Waals surface area contributed by atoms with Gasteiger partial charge in [-0.3, -0.25) is 9.68 Å². The Hall–Kier alpha value is -0.760. The Morgan fingerprint density at radius 1 is 0.643 bits per heavy atom. The van der Waals surface area contributed by atoms with Crippen LogP contribution in [0.1, 0.15) is 144 Å². The van der Waals surface area contributed by atoms with Crippen molar-refractivity contribution in [2.45, 2.75) is 191 Å². The lowest BCUT2D eigenvalue weighted by atomic mass is 9.53. The number of piperidine rings is 2. The Bertz CT molecular complexity index is 851. The summed E-state index contributed by atoms with van der Waals surface area (Å²) in [6, 6.07) is 1.06. The van der Waals surface area contributed by atoms with Gasteiger partial charge in [-0.25, -0.2) is 0 Å². The number of unbranched alkanes of at least 4 members (excludes halogenated alkanes) is 2. The lowest BCUT2D eigenvalue weighted by Crippen LogP contribution is -2.81. The molecular formula is C36H64N4O2. The second kappa shape index (κ2) is 13.7. The van der Waals surface area contributed by atoms with Gasteiger partial charge in [-0.15, -0.1) is 0 Å². The highest BCUT2D eigenvalue weighted by Crippen LogP contribution is 2.61. The average molecular weight is 585 g/mol. The Kier molecular flexibility index (Phi) is 10.6. The third-order valence-electron chi connectivity index (χ3n) is 10.9. The third-order valence-corrected chi connectivity index (χ3v) is 10.9. The molecule has 5 rings (SSSR count). The minimum Gasteiger partial charge on any atom is -0.314 e. The van der Waals surface area contributed by atoms with Gasteiger partial charge in [0.15, 0.2) is 0 Å². The molecule has 4 atom stereocenters. The zero-order valence-corrected chi connectivity index (χ0v) is 28.1. The minimum absolute atomic E-state index is 0.0201. The van der Waals surface area contributed by atoms with E-state index in [-0.39, 0.29) is 22.2 Å². The van der Waals surface area contributed by atoms with E-state index in [2.05, 4.69) is 86.6 Å². The van der Waals surface area contributed by atoms with E-state index in [1.807, 2.05) is 0 Å². The van der Waals surface area contributed by atoms with Crippen molar-refractivity contribution in [1.29, 1.82) is 0 Å². The molecule has 2 N–H and O–H groups in total. The summed E-state index contributed by atoms with van der Waals surface area (Å²) in [6.07, 6.45) is 28.3. The van der Waals surface area contributed by atoms with E-state index in [4.69, 9.17) is 9.68 Å². The van der Waals surface area contributed by atoms with Crippen LogP contribution in [0.4, 0.5) is 0 Å². The van der Waals surface area contributed by atoms with Gasteiger partial charge in [0.05, 0.1) is 23.3 Å². The van der Waals surface area contributed by atoms with Crippen LogP contribution in [0.25, 0.3) is 0 Å². The van der Waals surface area contributed by atoms with E-state index in [1.165, 1.54) is 38.5 Å². The highest BCUT2D eigenvalue weighted by atomic mass is 16.7. The lowest BCUT2D eigenvalue weighted by Gasteiger charge is -2.72. The molecular weight excluding hydrogens is 520 g/mol. The smallest absolute Gasteiger partial charge is 0.0831 e. The Morgan fingerprint density at radius 3 is 1.43 bits per heavy atom. The Morgan fingerprint density at radius 2 is 1.07 bits per heavy atom. The maximum atomic E-state index is 7.13. The maximum Gasteiger partial charge on any atom is 0.0831 e. The minimum atomic E-state index is -0.0201. The summed E-state index contributed by atoms with van der Waals surface area (Å²) in [5.74, 6) is 0. The molecule has 2 saturated heterocycles. The van der Waals surface area contributed by atoms with E-state index in [9.17, 15) is 0 Å².